The lowest BCUT2D eigenvalue weighted by atomic mass is 10.2. The number of aliphatic hydroxyl groups is 1. The van der Waals surface area contributed by atoms with Gasteiger partial charge in [0.05, 0.1) is 19.1 Å². The van der Waals surface area contributed by atoms with Crippen LogP contribution in [0, 0.1) is 6.92 Å². The van der Waals surface area contributed by atoms with Gasteiger partial charge in [-0.25, -0.2) is 0 Å². The molecule has 1 aromatic heterocycles. The van der Waals surface area contributed by atoms with Crippen molar-refractivity contribution in [2.24, 2.45) is 0 Å². The number of nitrogens with zero attached hydrogens (tertiary/aromatic N) is 2. The van der Waals surface area contributed by atoms with Crippen molar-refractivity contribution in [3.8, 4) is 0 Å². The van der Waals surface area contributed by atoms with Crippen LogP contribution in [0.15, 0.2) is 12.1 Å². The quantitative estimate of drug-likeness (QED) is 0.816. The summed E-state index contributed by atoms with van der Waals surface area (Å²) in [5.74, 6) is 0.205. The van der Waals surface area contributed by atoms with Crippen LogP contribution in [0.2, 0.25) is 0 Å². The maximum atomic E-state index is 12.3. The van der Waals surface area contributed by atoms with Gasteiger partial charge in [-0.15, -0.1) is 11.3 Å². The highest BCUT2D eigenvalue weighted by molar-refractivity contribution is 7.12. The Morgan fingerprint density at radius 2 is 2.09 bits per heavy atom. The van der Waals surface area contributed by atoms with Gasteiger partial charge in [-0.2, -0.15) is 0 Å². The maximum absolute atomic E-state index is 12.3. The minimum Gasteiger partial charge on any atom is -0.389 e. The van der Waals surface area contributed by atoms with Crippen molar-refractivity contribution in [2.45, 2.75) is 26.4 Å². The van der Waals surface area contributed by atoms with E-state index in [-0.39, 0.29) is 5.91 Å². The lowest BCUT2D eigenvalue weighted by molar-refractivity contribution is -0.132. The summed E-state index contributed by atoms with van der Waals surface area (Å²) in [6, 6.07) is 4.10. The number of aryl methyl sites for hydroxylation is 1. The van der Waals surface area contributed by atoms with Crippen LogP contribution in [0.5, 0.6) is 0 Å². The molecule has 1 aliphatic rings. The average Bonchev–Trinajstić information content (AvgIpc) is 2.91. The molecule has 0 saturated carbocycles. The van der Waals surface area contributed by atoms with E-state index in [0.717, 1.165) is 31.1 Å². The zero-order chi connectivity index (χ0) is 15.9. The van der Waals surface area contributed by atoms with Crippen LogP contribution >= 0.6 is 11.3 Å². The van der Waals surface area contributed by atoms with Crippen LogP contribution in [-0.4, -0.2) is 72.9 Å². The first-order valence-corrected chi connectivity index (χ1v) is 8.71. The molecule has 0 aromatic carbocycles. The van der Waals surface area contributed by atoms with E-state index >= 15 is 0 Å². The van der Waals surface area contributed by atoms with Gasteiger partial charge in [-0.1, -0.05) is 0 Å². The van der Waals surface area contributed by atoms with Gasteiger partial charge < -0.3 is 14.7 Å². The number of carbonyl (C=O) groups excluding carboxylic acids is 1. The second kappa shape index (κ2) is 8.62. The summed E-state index contributed by atoms with van der Waals surface area (Å²) >= 11 is 1.69. The molecule has 1 fully saturated rings. The third-order valence-corrected chi connectivity index (χ3v) is 4.83. The summed E-state index contributed by atoms with van der Waals surface area (Å²) in [4.78, 5) is 18.8. The molecule has 1 N–H and O–H groups in total. The molecule has 0 aliphatic carbocycles. The van der Waals surface area contributed by atoms with E-state index in [9.17, 15) is 9.90 Å². The van der Waals surface area contributed by atoms with Gasteiger partial charge in [0.15, 0.2) is 0 Å². The molecule has 0 spiro atoms. The van der Waals surface area contributed by atoms with Crippen molar-refractivity contribution >= 4 is 17.2 Å². The number of ether oxygens (including phenoxy) is 1. The summed E-state index contributed by atoms with van der Waals surface area (Å²) in [7, 11) is 0. The molecule has 2 heterocycles. The molecular formula is C16H26N2O3S. The fourth-order valence-electron chi connectivity index (χ4n) is 2.63. The van der Waals surface area contributed by atoms with E-state index < -0.39 is 6.10 Å². The Balaban J connectivity index is 1.71. The largest absolute Gasteiger partial charge is 0.389 e. The Labute approximate surface area is 136 Å². The summed E-state index contributed by atoms with van der Waals surface area (Å²) in [6.07, 6.45) is 0.0576. The second-order valence-electron chi connectivity index (χ2n) is 5.68. The molecular weight excluding hydrogens is 300 g/mol. The van der Waals surface area contributed by atoms with Gasteiger partial charge in [-0.05, 0) is 26.0 Å². The molecule has 0 radical (unpaired) electrons. The van der Waals surface area contributed by atoms with Gasteiger partial charge in [0.25, 0.3) is 0 Å². The third kappa shape index (κ3) is 5.35. The average molecular weight is 326 g/mol. The zero-order valence-electron chi connectivity index (χ0n) is 13.5. The monoisotopic (exact) mass is 326 g/mol. The molecule has 124 valence electrons. The van der Waals surface area contributed by atoms with Crippen LogP contribution in [0.3, 0.4) is 0 Å². The molecule has 1 amide bonds. The first-order valence-electron chi connectivity index (χ1n) is 7.89. The highest BCUT2D eigenvalue weighted by Crippen LogP contribution is 2.17. The van der Waals surface area contributed by atoms with Crippen LogP contribution in [0.1, 0.15) is 16.7 Å². The number of piperazine rings is 1. The predicted octanol–water partition coefficient (Wildman–Crippen LogP) is 1.14. The number of β-amino-alcohol motifs (C(OH)–C–C–N with tert-alkyl or cyclic N) is 1. The molecule has 0 bridgehead atoms. The zero-order valence-corrected chi connectivity index (χ0v) is 14.3. The van der Waals surface area contributed by atoms with Crippen LogP contribution in [-0.2, 0) is 16.0 Å². The van der Waals surface area contributed by atoms with Crippen LogP contribution in [0.25, 0.3) is 0 Å². The fourth-order valence-corrected chi connectivity index (χ4v) is 3.51. The molecule has 1 aromatic rings. The lowest BCUT2D eigenvalue weighted by Gasteiger charge is -2.35. The van der Waals surface area contributed by atoms with Crippen LogP contribution in [0.4, 0.5) is 0 Å². The number of aliphatic hydroxyl groups excluding tert-OH is 1. The predicted molar refractivity (Wildman–Crippen MR) is 88.3 cm³/mol. The van der Waals surface area contributed by atoms with Gasteiger partial charge in [0.2, 0.25) is 5.91 Å². The normalized spacial score (nSPS) is 17.7. The van der Waals surface area contributed by atoms with Crippen molar-refractivity contribution in [1.29, 1.82) is 0 Å². The Bertz CT molecular complexity index is 470. The van der Waals surface area contributed by atoms with Crippen molar-refractivity contribution in [3.63, 3.8) is 0 Å². The summed E-state index contributed by atoms with van der Waals surface area (Å²) in [6.45, 7) is 8.73. The summed E-state index contributed by atoms with van der Waals surface area (Å²) in [5.41, 5.74) is 0. The van der Waals surface area contributed by atoms with E-state index in [4.69, 9.17) is 4.74 Å². The molecule has 2 rings (SSSR count). The topological polar surface area (TPSA) is 53.0 Å². The number of amides is 1. The van der Waals surface area contributed by atoms with E-state index in [1.54, 1.807) is 11.3 Å². The smallest absolute Gasteiger partial charge is 0.227 e. The van der Waals surface area contributed by atoms with Crippen LogP contribution < -0.4 is 0 Å². The molecule has 1 atom stereocenters. The maximum Gasteiger partial charge on any atom is 0.227 e. The number of carbonyl (C=O) groups is 1. The van der Waals surface area contributed by atoms with Gasteiger partial charge in [-0.3, -0.25) is 9.69 Å². The van der Waals surface area contributed by atoms with Gasteiger partial charge in [0, 0.05) is 49.1 Å². The Morgan fingerprint density at radius 3 is 2.68 bits per heavy atom. The first kappa shape index (κ1) is 17.4. The minimum atomic E-state index is -0.448. The summed E-state index contributed by atoms with van der Waals surface area (Å²) in [5, 5.41) is 9.86. The molecule has 22 heavy (non-hydrogen) atoms. The number of hydrogen-bond acceptors (Lipinski definition) is 5. The number of thiophene rings is 1. The van der Waals surface area contributed by atoms with Crippen molar-refractivity contribution < 1.29 is 14.6 Å². The molecule has 1 unspecified atom stereocenters. The molecule has 1 saturated heterocycles. The highest BCUT2D eigenvalue weighted by Gasteiger charge is 2.22. The Hall–Kier alpha value is -0.950. The van der Waals surface area contributed by atoms with E-state index in [2.05, 4.69) is 17.9 Å². The molecule has 5 nitrogen and oxygen atoms in total. The first-order chi connectivity index (χ1) is 10.6. The van der Waals surface area contributed by atoms with Crippen molar-refractivity contribution in [1.82, 2.24) is 9.80 Å². The Morgan fingerprint density at radius 1 is 1.36 bits per heavy atom. The molecule has 6 heteroatoms. The number of rotatable bonds is 7. The third-order valence-electron chi connectivity index (χ3n) is 3.83. The standard InChI is InChI=1S/C16H26N2O3S/c1-3-21-12-14(19)11-17-6-8-18(9-7-17)16(20)10-15-5-4-13(2)22-15/h4-5,14,19H,3,6-12H2,1-2H3. The Kier molecular flexibility index (Phi) is 6.82. The SMILES string of the molecule is CCOCC(O)CN1CCN(C(=O)Cc2ccc(C)s2)CC1. The van der Waals surface area contributed by atoms with Gasteiger partial charge in [0.1, 0.15) is 0 Å². The van der Waals surface area contributed by atoms with Gasteiger partial charge >= 0.3 is 0 Å². The fraction of sp³-hybridized carbons (Fsp3) is 0.688. The number of hydrogen-bond donors (Lipinski definition) is 1. The second-order valence-corrected chi connectivity index (χ2v) is 7.06. The minimum absolute atomic E-state index is 0.205. The highest BCUT2D eigenvalue weighted by atomic mass is 32.1. The van der Waals surface area contributed by atoms with E-state index in [0.29, 0.717) is 26.2 Å². The van der Waals surface area contributed by atoms with E-state index in [1.165, 1.54) is 4.88 Å². The summed E-state index contributed by atoms with van der Waals surface area (Å²) < 4.78 is 5.22. The molecule has 1 aliphatic heterocycles. The van der Waals surface area contributed by atoms with E-state index in [1.807, 2.05) is 17.9 Å². The lowest BCUT2D eigenvalue weighted by Crippen LogP contribution is -2.51. The van der Waals surface area contributed by atoms with Crippen molar-refractivity contribution in [2.75, 3.05) is 45.9 Å². The van der Waals surface area contributed by atoms with Crippen molar-refractivity contribution in [3.05, 3.63) is 21.9 Å².